The summed E-state index contributed by atoms with van der Waals surface area (Å²) in [5, 5.41) is 33.8. The average Bonchev–Trinajstić information content (AvgIpc) is 2.90. The van der Waals surface area contributed by atoms with Crippen molar-refractivity contribution >= 4 is 29.7 Å². The van der Waals surface area contributed by atoms with Gasteiger partial charge in [0.05, 0.1) is 32.7 Å². The highest BCUT2D eigenvalue weighted by atomic mass is 16.4. The summed E-state index contributed by atoms with van der Waals surface area (Å²) in [5.41, 5.74) is 0. The molecule has 0 spiro atoms. The van der Waals surface area contributed by atoms with Crippen molar-refractivity contribution < 1.29 is 39.3 Å². The highest BCUT2D eigenvalue weighted by molar-refractivity contribution is 5.79. The van der Waals surface area contributed by atoms with Crippen LogP contribution >= 0.6 is 0 Å². The lowest BCUT2D eigenvalue weighted by atomic mass is 10.1. The molecular formula is C30H57N5O8. The molecule has 2 amide bonds. The van der Waals surface area contributed by atoms with Gasteiger partial charge in [-0.15, -0.1) is 0 Å². The SMILES string of the molecule is CCCCCCCCNC(=O)CN(CCN(CCN(CC(=O)O)CC(=O)NC(C)CCCCCC)CC(=O)O)CC(=O)O. The van der Waals surface area contributed by atoms with E-state index in [1.165, 1.54) is 22.6 Å². The van der Waals surface area contributed by atoms with Crippen molar-refractivity contribution in [3.63, 3.8) is 0 Å². The highest BCUT2D eigenvalue weighted by Crippen LogP contribution is 2.06. The number of amides is 2. The summed E-state index contributed by atoms with van der Waals surface area (Å²) in [4.78, 5) is 63.8. The molecule has 43 heavy (non-hydrogen) atoms. The number of unbranched alkanes of at least 4 members (excludes halogenated alkanes) is 8. The van der Waals surface area contributed by atoms with Gasteiger partial charge in [0.2, 0.25) is 11.8 Å². The van der Waals surface area contributed by atoms with Gasteiger partial charge in [0, 0.05) is 38.8 Å². The Morgan fingerprint density at radius 2 is 0.977 bits per heavy atom. The van der Waals surface area contributed by atoms with Crippen molar-refractivity contribution in [1.29, 1.82) is 0 Å². The molecule has 5 N–H and O–H groups in total. The Morgan fingerprint density at radius 3 is 1.49 bits per heavy atom. The third-order valence-electron chi connectivity index (χ3n) is 7.03. The minimum atomic E-state index is -1.11. The van der Waals surface area contributed by atoms with Crippen LogP contribution in [0.15, 0.2) is 0 Å². The van der Waals surface area contributed by atoms with E-state index in [9.17, 15) is 39.3 Å². The van der Waals surface area contributed by atoms with E-state index < -0.39 is 17.9 Å². The molecule has 1 atom stereocenters. The number of aliphatic carboxylic acids is 3. The van der Waals surface area contributed by atoms with Gasteiger partial charge in [-0.05, 0) is 19.8 Å². The second-order valence-corrected chi connectivity index (χ2v) is 11.3. The zero-order valence-corrected chi connectivity index (χ0v) is 26.7. The standard InChI is InChI=1S/C30H57N5O8/c1-4-6-8-10-11-13-15-31-26(36)20-34(23-29(40)41)18-16-33(22-28(38)39)17-19-35(24-30(42)43)21-27(37)32-25(3)14-12-9-7-5-2/h25H,4-24H2,1-3H3,(H,31,36)(H,32,37)(H,38,39)(H,40,41)(H,42,43). The Balaban J connectivity index is 4.95. The van der Waals surface area contributed by atoms with Crippen LogP contribution in [-0.4, -0.2) is 131 Å². The van der Waals surface area contributed by atoms with Crippen LogP contribution < -0.4 is 10.6 Å². The van der Waals surface area contributed by atoms with Crippen LogP contribution in [-0.2, 0) is 24.0 Å². The van der Waals surface area contributed by atoms with Crippen LogP contribution in [0.25, 0.3) is 0 Å². The molecule has 0 aliphatic rings. The summed E-state index contributed by atoms with van der Waals surface area (Å²) in [6.07, 6.45) is 11.7. The number of nitrogens with zero attached hydrogens (tertiary/aromatic N) is 3. The van der Waals surface area contributed by atoms with Crippen LogP contribution in [0.4, 0.5) is 0 Å². The molecule has 0 aromatic heterocycles. The van der Waals surface area contributed by atoms with E-state index in [0.29, 0.717) is 6.54 Å². The molecule has 1 unspecified atom stereocenters. The number of hydrogen-bond donors (Lipinski definition) is 5. The summed E-state index contributed by atoms with van der Waals surface area (Å²) in [7, 11) is 0. The maximum Gasteiger partial charge on any atom is 0.317 e. The zero-order chi connectivity index (χ0) is 32.5. The lowest BCUT2D eigenvalue weighted by Crippen LogP contribution is -2.48. The van der Waals surface area contributed by atoms with Crippen LogP contribution in [0.5, 0.6) is 0 Å². The molecule has 0 radical (unpaired) electrons. The smallest absolute Gasteiger partial charge is 0.317 e. The van der Waals surface area contributed by atoms with E-state index >= 15 is 0 Å². The monoisotopic (exact) mass is 615 g/mol. The van der Waals surface area contributed by atoms with Gasteiger partial charge in [-0.2, -0.15) is 0 Å². The van der Waals surface area contributed by atoms with Crippen LogP contribution in [0.2, 0.25) is 0 Å². The van der Waals surface area contributed by atoms with Crippen LogP contribution in [0.3, 0.4) is 0 Å². The first-order valence-corrected chi connectivity index (χ1v) is 15.8. The number of carbonyl (C=O) groups excluding carboxylic acids is 2. The Labute approximate surface area is 257 Å². The fourth-order valence-corrected chi connectivity index (χ4v) is 4.70. The molecule has 0 aliphatic heterocycles. The maximum absolute atomic E-state index is 12.6. The molecule has 250 valence electrons. The Kier molecular flexibility index (Phi) is 24.0. The molecule has 0 bridgehead atoms. The number of carbonyl (C=O) groups is 5. The summed E-state index contributed by atoms with van der Waals surface area (Å²) < 4.78 is 0. The maximum atomic E-state index is 12.6. The number of hydrogen-bond acceptors (Lipinski definition) is 8. The van der Waals surface area contributed by atoms with Gasteiger partial charge in [-0.25, -0.2) is 0 Å². The van der Waals surface area contributed by atoms with Gasteiger partial charge in [0.25, 0.3) is 0 Å². The van der Waals surface area contributed by atoms with E-state index in [0.717, 1.165) is 57.8 Å². The van der Waals surface area contributed by atoms with Gasteiger partial charge in [-0.3, -0.25) is 38.7 Å². The topological polar surface area (TPSA) is 180 Å². The first-order valence-electron chi connectivity index (χ1n) is 15.8. The predicted molar refractivity (Wildman–Crippen MR) is 165 cm³/mol. The summed E-state index contributed by atoms with van der Waals surface area (Å²) in [6.45, 7) is 5.84. The van der Waals surface area contributed by atoms with Crippen molar-refractivity contribution in [3.8, 4) is 0 Å². The number of rotatable bonds is 29. The fraction of sp³-hybridized carbons (Fsp3) is 0.833. The minimum Gasteiger partial charge on any atom is -0.480 e. The molecule has 13 nitrogen and oxygen atoms in total. The molecule has 0 saturated carbocycles. The first kappa shape index (κ1) is 40.2. The van der Waals surface area contributed by atoms with Crippen LogP contribution in [0, 0.1) is 0 Å². The van der Waals surface area contributed by atoms with Crippen molar-refractivity contribution in [2.24, 2.45) is 0 Å². The molecule has 0 heterocycles. The van der Waals surface area contributed by atoms with Crippen molar-refractivity contribution in [1.82, 2.24) is 25.3 Å². The van der Waals surface area contributed by atoms with E-state index in [4.69, 9.17) is 0 Å². The second-order valence-electron chi connectivity index (χ2n) is 11.3. The second kappa shape index (κ2) is 25.7. The Morgan fingerprint density at radius 1 is 0.558 bits per heavy atom. The molecular weight excluding hydrogens is 558 g/mol. The largest absolute Gasteiger partial charge is 0.480 e. The number of carboxylic acids is 3. The number of nitrogens with one attached hydrogen (secondary N) is 2. The third-order valence-corrected chi connectivity index (χ3v) is 7.03. The molecule has 0 rings (SSSR count). The van der Waals surface area contributed by atoms with E-state index in [1.807, 2.05) is 6.92 Å². The normalized spacial score (nSPS) is 12.0. The van der Waals surface area contributed by atoms with Gasteiger partial charge in [0.15, 0.2) is 0 Å². The highest BCUT2D eigenvalue weighted by Gasteiger charge is 2.20. The molecule has 0 aliphatic carbocycles. The molecule has 0 fully saturated rings. The van der Waals surface area contributed by atoms with Crippen molar-refractivity contribution in [2.75, 3.05) is 65.4 Å². The van der Waals surface area contributed by atoms with E-state index in [1.54, 1.807) is 4.90 Å². The minimum absolute atomic E-state index is 0.0391. The quantitative estimate of drug-likeness (QED) is 0.0778. The van der Waals surface area contributed by atoms with Gasteiger partial charge < -0.3 is 26.0 Å². The van der Waals surface area contributed by atoms with Gasteiger partial charge in [0.1, 0.15) is 0 Å². The average molecular weight is 616 g/mol. The first-order chi connectivity index (χ1) is 20.5. The fourth-order valence-electron chi connectivity index (χ4n) is 4.70. The summed E-state index contributed by atoms with van der Waals surface area (Å²) in [6, 6.07) is -0.0391. The molecule has 0 aromatic rings. The third kappa shape index (κ3) is 25.4. The predicted octanol–water partition coefficient (Wildman–Crippen LogP) is 2.10. The van der Waals surface area contributed by atoms with E-state index in [-0.39, 0.29) is 76.8 Å². The van der Waals surface area contributed by atoms with Gasteiger partial charge in [-0.1, -0.05) is 71.6 Å². The molecule has 13 heteroatoms. The van der Waals surface area contributed by atoms with Crippen molar-refractivity contribution in [3.05, 3.63) is 0 Å². The van der Waals surface area contributed by atoms with Gasteiger partial charge >= 0.3 is 17.9 Å². The molecule has 0 saturated heterocycles. The Hall–Kier alpha value is -2.77. The summed E-state index contributed by atoms with van der Waals surface area (Å²) in [5.74, 6) is -3.90. The van der Waals surface area contributed by atoms with Crippen LogP contribution in [0.1, 0.15) is 91.4 Å². The van der Waals surface area contributed by atoms with E-state index in [2.05, 4.69) is 24.5 Å². The number of carboxylic acid groups (broad SMARTS) is 3. The Bertz CT molecular complexity index is 813. The lowest BCUT2D eigenvalue weighted by Gasteiger charge is -2.28. The zero-order valence-electron chi connectivity index (χ0n) is 26.7. The van der Waals surface area contributed by atoms with Crippen molar-refractivity contribution in [2.45, 2.75) is 97.4 Å². The molecule has 0 aromatic carbocycles. The lowest BCUT2D eigenvalue weighted by molar-refractivity contribution is -0.141. The summed E-state index contributed by atoms with van der Waals surface area (Å²) >= 11 is 0.